The highest BCUT2D eigenvalue weighted by Gasteiger charge is 2.25. The van der Waals surface area contributed by atoms with E-state index in [4.69, 9.17) is 4.74 Å². The number of carbonyl (C=O) groups is 1. The zero-order valence-electron chi connectivity index (χ0n) is 21.6. The van der Waals surface area contributed by atoms with E-state index >= 15 is 0 Å². The molecule has 0 saturated carbocycles. The van der Waals surface area contributed by atoms with Crippen LogP contribution >= 0.6 is 0 Å². The van der Waals surface area contributed by atoms with Gasteiger partial charge in [-0.1, -0.05) is 39.8 Å². The number of hydrogen-bond acceptors (Lipinski definition) is 7. The second-order valence-electron chi connectivity index (χ2n) is 9.01. The number of nitrogens with zero attached hydrogens (tertiary/aromatic N) is 3. The van der Waals surface area contributed by atoms with Crippen molar-refractivity contribution >= 4 is 5.97 Å². The molecule has 2 heterocycles. The summed E-state index contributed by atoms with van der Waals surface area (Å²) in [5.41, 5.74) is 2.29. The molecule has 1 aromatic heterocycles. The molecule has 9 heteroatoms. The number of aromatic amines is 1. The Labute approximate surface area is 211 Å². The number of esters is 1. The number of piperidine rings is 1. The first-order valence-corrected chi connectivity index (χ1v) is 12.4. The van der Waals surface area contributed by atoms with Crippen LogP contribution in [-0.2, 0) is 16.1 Å². The van der Waals surface area contributed by atoms with Gasteiger partial charge in [0.05, 0.1) is 24.3 Å². The average Bonchev–Trinajstić information content (AvgIpc) is 3.26. The quantitative estimate of drug-likeness (QED) is 0.438. The first kappa shape index (κ1) is 27.0. The Morgan fingerprint density at radius 2 is 1.75 bits per heavy atom. The highest BCUT2D eigenvalue weighted by Crippen LogP contribution is 2.37. The molecule has 1 aliphatic rings. The van der Waals surface area contributed by atoms with E-state index in [0.717, 1.165) is 38.0 Å². The van der Waals surface area contributed by atoms with Crippen molar-refractivity contribution in [1.82, 2.24) is 19.7 Å². The van der Waals surface area contributed by atoms with Crippen LogP contribution in [0.15, 0.2) is 41.2 Å². The minimum atomic E-state index is -0.425. The summed E-state index contributed by atoms with van der Waals surface area (Å²) >= 11 is 0. The molecule has 2 aromatic carbocycles. The largest absolute Gasteiger partial charge is 0.508 e. The molecule has 1 fully saturated rings. The van der Waals surface area contributed by atoms with Crippen molar-refractivity contribution in [3.63, 3.8) is 0 Å². The van der Waals surface area contributed by atoms with E-state index in [0.29, 0.717) is 16.8 Å². The summed E-state index contributed by atoms with van der Waals surface area (Å²) in [6, 6.07) is 10.5. The Hall–Kier alpha value is -3.59. The third-order valence-corrected chi connectivity index (χ3v) is 6.40. The molecule has 4 rings (SSSR count). The molecule has 0 atom stereocenters. The Kier molecular flexibility index (Phi) is 8.93. The summed E-state index contributed by atoms with van der Waals surface area (Å²) in [6.45, 7) is 10.3. The molecule has 1 saturated heterocycles. The van der Waals surface area contributed by atoms with E-state index < -0.39 is 5.69 Å². The van der Waals surface area contributed by atoms with Gasteiger partial charge < -0.3 is 14.9 Å². The molecule has 36 heavy (non-hydrogen) atoms. The molecule has 1 aliphatic heterocycles. The van der Waals surface area contributed by atoms with Gasteiger partial charge in [-0.2, -0.15) is 5.10 Å². The Morgan fingerprint density at radius 1 is 1.11 bits per heavy atom. The molecule has 9 nitrogen and oxygen atoms in total. The van der Waals surface area contributed by atoms with Gasteiger partial charge in [0.2, 0.25) is 0 Å². The van der Waals surface area contributed by atoms with Crippen LogP contribution in [0.25, 0.3) is 17.1 Å². The lowest BCUT2D eigenvalue weighted by atomic mass is 9.96. The highest BCUT2D eigenvalue weighted by molar-refractivity contribution is 5.72. The van der Waals surface area contributed by atoms with Gasteiger partial charge in [-0.25, -0.2) is 14.5 Å². The van der Waals surface area contributed by atoms with Crippen LogP contribution < -0.4 is 5.69 Å². The maximum Gasteiger partial charge on any atom is 0.348 e. The number of phenols is 2. The standard InChI is InChI=1S/C25H30N4O5.C2H6/c1-15(2)19-12-20(22(31)13-21(19)30)23-26-27-25(33)29(23)18-6-4-16(5-7-18)14-28-10-8-17(9-11-28)24(32)34-3;1-2/h4-7,12-13,15,17,30-31H,8-11,14H2,1-3H3,(H,27,33);1-2H3. The van der Waals surface area contributed by atoms with Crippen molar-refractivity contribution in [1.29, 1.82) is 0 Å². The summed E-state index contributed by atoms with van der Waals surface area (Å²) in [6.07, 6.45) is 1.57. The molecular weight excluding hydrogens is 460 g/mol. The first-order chi connectivity index (χ1) is 17.3. The van der Waals surface area contributed by atoms with Crippen molar-refractivity contribution in [2.24, 2.45) is 5.92 Å². The molecule has 3 N–H and O–H groups in total. The highest BCUT2D eigenvalue weighted by atomic mass is 16.5. The number of aromatic hydroxyl groups is 2. The molecule has 0 unspecified atom stereocenters. The summed E-state index contributed by atoms with van der Waals surface area (Å²) in [5.74, 6) is -0.0275. The number of ether oxygens (including phenoxy) is 1. The van der Waals surface area contributed by atoms with Gasteiger partial charge >= 0.3 is 11.7 Å². The molecule has 0 radical (unpaired) electrons. The molecule has 0 amide bonds. The van der Waals surface area contributed by atoms with Crippen molar-refractivity contribution in [3.8, 4) is 28.6 Å². The molecular formula is C27H36N4O5. The Bertz CT molecular complexity index is 1220. The summed E-state index contributed by atoms with van der Waals surface area (Å²) in [5, 5.41) is 27.2. The second kappa shape index (κ2) is 11.9. The number of aromatic nitrogens is 3. The van der Waals surface area contributed by atoms with Gasteiger partial charge in [0.15, 0.2) is 5.82 Å². The Morgan fingerprint density at radius 3 is 2.33 bits per heavy atom. The van der Waals surface area contributed by atoms with Gasteiger partial charge in [0.25, 0.3) is 0 Å². The number of nitrogens with one attached hydrogen (secondary N) is 1. The van der Waals surface area contributed by atoms with Gasteiger partial charge in [-0.05, 0) is 61.2 Å². The normalized spacial score (nSPS) is 14.4. The van der Waals surface area contributed by atoms with E-state index in [1.54, 1.807) is 6.07 Å². The van der Waals surface area contributed by atoms with Crippen molar-refractivity contribution < 1.29 is 19.7 Å². The third kappa shape index (κ3) is 5.79. The summed E-state index contributed by atoms with van der Waals surface area (Å²) in [4.78, 5) is 26.6. The second-order valence-corrected chi connectivity index (χ2v) is 9.01. The average molecular weight is 497 g/mol. The third-order valence-electron chi connectivity index (χ3n) is 6.40. The molecule has 0 aliphatic carbocycles. The van der Waals surface area contributed by atoms with E-state index in [1.807, 2.05) is 52.0 Å². The maximum absolute atomic E-state index is 12.6. The number of benzene rings is 2. The summed E-state index contributed by atoms with van der Waals surface area (Å²) < 4.78 is 6.26. The monoisotopic (exact) mass is 496 g/mol. The fourth-order valence-corrected chi connectivity index (χ4v) is 4.45. The molecule has 3 aromatic rings. The minimum absolute atomic E-state index is 0.000607. The number of H-pyrrole nitrogens is 1. The number of likely N-dealkylation sites (tertiary alicyclic amines) is 1. The fraction of sp³-hybridized carbons (Fsp3) is 0.444. The predicted octanol–water partition coefficient (Wildman–Crippen LogP) is 4.17. The zero-order chi connectivity index (χ0) is 26.4. The van der Waals surface area contributed by atoms with Crippen molar-refractivity contribution in [2.45, 2.75) is 53.0 Å². The molecule has 0 spiro atoms. The lowest BCUT2D eigenvalue weighted by Crippen LogP contribution is -2.36. The Balaban J connectivity index is 0.00000176. The van der Waals surface area contributed by atoms with E-state index in [1.165, 1.54) is 17.7 Å². The van der Waals surface area contributed by atoms with Gasteiger partial charge in [-0.15, -0.1) is 0 Å². The lowest BCUT2D eigenvalue weighted by Gasteiger charge is -2.30. The van der Waals surface area contributed by atoms with Gasteiger partial charge in [-0.3, -0.25) is 9.69 Å². The van der Waals surface area contributed by atoms with Gasteiger partial charge in [0, 0.05) is 12.6 Å². The smallest absolute Gasteiger partial charge is 0.348 e. The first-order valence-electron chi connectivity index (χ1n) is 12.4. The van der Waals surface area contributed by atoms with Crippen molar-refractivity contribution in [2.75, 3.05) is 20.2 Å². The topological polar surface area (TPSA) is 121 Å². The predicted molar refractivity (Wildman–Crippen MR) is 138 cm³/mol. The number of rotatable bonds is 6. The lowest BCUT2D eigenvalue weighted by molar-refractivity contribution is -0.147. The zero-order valence-corrected chi connectivity index (χ0v) is 21.6. The van der Waals surface area contributed by atoms with Crippen LogP contribution in [-0.4, -0.2) is 56.0 Å². The van der Waals surface area contributed by atoms with Crippen molar-refractivity contribution in [3.05, 3.63) is 58.0 Å². The van der Waals surface area contributed by atoms with Crippen LogP contribution in [0.4, 0.5) is 0 Å². The van der Waals surface area contributed by atoms with Gasteiger partial charge in [0.1, 0.15) is 11.5 Å². The van der Waals surface area contributed by atoms with E-state index in [9.17, 15) is 19.8 Å². The van der Waals surface area contributed by atoms with E-state index in [2.05, 4.69) is 15.1 Å². The number of methoxy groups -OCH3 is 1. The minimum Gasteiger partial charge on any atom is -0.508 e. The van der Waals surface area contributed by atoms with Crippen LogP contribution in [0.3, 0.4) is 0 Å². The van der Waals surface area contributed by atoms with Crippen LogP contribution in [0.2, 0.25) is 0 Å². The van der Waals surface area contributed by atoms with Crippen LogP contribution in [0.1, 0.15) is 57.6 Å². The van der Waals surface area contributed by atoms with Crippen LogP contribution in [0, 0.1) is 5.92 Å². The summed E-state index contributed by atoms with van der Waals surface area (Å²) in [7, 11) is 1.43. The van der Waals surface area contributed by atoms with E-state index in [-0.39, 0.29) is 35.1 Å². The number of phenolic OH excluding ortho intramolecular Hbond substituents is 2. The maximum atomic E-state index is 12.6. The SMILES string of the molecule is CC.COC(=O)C1CCN(Cc2ccc(-n3c(-c4cc(C(C)C)c(O)cc4O)n[nH]c3=O)cc2)CC1. The fourth-order valence-electron chi connectivity index (χ4n) is 4.45. The molecule has 0 bridgehead atoms. The number of hydrogen-bond donors (Lipinski definition) is 3. The van der Waals surface area contributed by atoms with Crippen LogP contribution in [0.5, 0.6) is 11.5 Å². The number of carbonyl (C=O) groups excluding carboxylic acids is 1. The molecule has 194 valence electrons.